The summed E-state index contributed by atoms with van der Waals surface area (Å²) in [4.78, 5) is 14.7. The number of aliphatic hydroxyl groups excluding tert-OH is 1. The summed E-state index contributed by atoms with van der Waals surface area (Å²) in [5, 5.41) is 17.9. The van der Waals surface area contributed by atoms with Crippen molar-refractivity contribution >= 4 is 6.03 Å². The number of carbonyl (C=O) groups excluding carboxylic acids is 1. The fraction of sp³-hybridized carbons (Fsp3) is 0.750. The SMILES string of the molecule is O=C(NC1CCCn2nccc21)N1CCC(O)C12CCCC2. The Bertz CT molecular complexity index is 564. The summed E-state index contributed by atoms with van der Waals surface area (Å²) in [5.41, 5.74) is 0.790. The van der Waals surface area contributed by atoms with Crippen LogP contribution in [-0.4, -0.2) is 44.0 Å². The highest BCUT2D eigenvalue weighted by Crippen LogP contribution is 2.43. The number of amides is 2. The summed E-state index contributed by atoms with van der Waals surface area (Å²) in [6.45, 7) is 1.60. The Morgan fingerprint density at radius 1 is 1.27 bits per heavy atom. The topological polar surface area (TPSA) is 70.4 Å². The van der Waals surface area contributed by atoms with Gasteiger partial charge in [-0.15, -0.1) is 0 Å². The summed E-state index contributed by atoms with van der Waals surface area (Å²) >= 11 is 0. The summed E-state index contributed by atoms with van der Waals surface area (Å²) in [7, 11) is 0. The Labute approximate surface area is 130 Å². The van der Waals surface area contributed by atoms with Crippen molar-refractivity contribution in [1.82, 2.24) is 20.0 Å². The molecule has 2 atom stereocenters. The molecule has 2 N–H and O–H groups in total. The van der Waals surface area contributed by atoms with Crippen molar-refractivity contribution in [2.75, 3.05) is 6.54 Å². The summed E-state index contributed by atoms with van der Waals surface area (Å²) in [6.07, 6.45) is 8.22. The third kappa shape index (κ3) is 2.04. The van der Waals surface area contributed by atoms with Crippen molar-refractivity contribution in [2.24, 2.45) is 0 Å². The van der Waals surface area contributed by atoms with Crippen LogP contribution in [0.4, 0.5) is 4.79 Å². The maximum atomic E-state index is 12.8. The molecule has 2 fully saturated rings. The number of likely N-dealkylation sites (tertiary alicyclic amines) is 1. The lowest BCUT2D eigenvalue weighted by Gasteiger charge is -2.38. The van der Waals surface area contributed by atoms with Gasteiger partial charge in [-0.2, -0.15) is 5.10 Å². The molecule has 6 heteroatoms. The fourth-order valence-corrected chi connectivity index (χ4v) is 4.61. The molecule has 4 rings (SSSR count). The molecule has 120 valence electrons. The fourth-order valence-electron chi connectivity index (χ4n) is 4.61. The number of hydrogen-bond donors (Lipinski definition) is 2. The molecule has 1 aliphatic carbocycles. The van der Waals surface area contributed by atoms with E-state index in [2.05, 4.69) is 10.4 Å². The molecule has 0 bridgehead atoms. The molecule has 0 aromatic carbocycles. The van der Waals surface area contributed by atoms with Gasteiger partial charge >= 0.3 is 6.03 Å². The molecule has 22 heavy (non-hydrogen) atoms. The normalized spacial score (nSPS) is 29.8. The Morgan fingerprint density at radius 3 is 2.91 bits per heavy atom. The predicted molar refractivity (Wildman–Crippen MR) is 81.3 cm³/mol. The number of fused-ring (bicyclic) bond motifs is 1. The highest BCUT2D eigenvalue weighted by molar-refractivity contribution is 5.76. The van der Waals surface area contributed by atoms with E-state index in [1.807, 2.05) is 15.6 Å². The molecule has 2 unspecified atom stereocenters. The maximum absolute atomic E-state index is 12.8. The minimum atomic E-state index is -0.363. The first-order valence-electron chi connectivity index (χ1n) is 8.49. The van der Waals surface area contributed by atoms with Crippen LogP contribution in [0.5, 0.6) is 0 Å². The van der Waals surface area contributed by atoms with E-state index in [1.54, 1.807) is 6.20 Å². The molecular formula is C16H24N4O2. The van der Waals surface area contributed by atoms with Crippen LogP contribution in [0.1, 0.15) is 56.7 Å². The molecule has 6 nitrogen and oxygen atoms in total. The van der Waals surface area contributed by atoms with E-state index in [-0.39, 0.29) is 23.7 Å². The van der Waals surface area contributed by atoms with Crippen LogP contribution in [0.25, 0.3) is 0 Å². The van der Waals surface area contributed by atoms with Gasteiger partial charge in [-0.1, -0.05) is 12.8 Å². The molecule has 2 amide bonds. The number of aryl methyl sites for hydroxylation is 1. The molecule has 2 aliphatic heterocycles. The van der Waals surface area contributed by atoms with Crippen molar-refractivity contribution in [3.63, 3.8) is 0 Å². The second-order valence-electron chi connectivity index (χ2n) is 6.89. The number of aromatic nitrogens is 2. The number of hydrogen-bond acceptors (Lipinski definition) is 3. The molecule has 1 aromatic heterocycles. The average Bonchev–Trinajstić information content (AvgIpc) is 3.23. The van der Waals surface area contributed by atoms with Crippen LogP contribution < -0.4 is 5.32 Å². The van der Waals surface area contributed by atoms with Crippen LogP contribution in [0.2, 0.25) is 0 Å². The van der Waals surface area contributed by atoms with Gasteiger partial charge in [0.05, 0.1) is 23.4 Å². The van der Waals surface area contributed by atoms with Gasteiger partial charge in [0.1, 0.15) is 0 Å². The van der Waals surface area contributed by atoms with Gasteiger partial charge < -0.3 is 15.3 Å². The molecule has 3 heterocycles. The number of rotatable bonds is 1. The predicted octanol–water partition coefficient (Wildman–Crippen LogP) is 1.81. The van der Waals surface area contributed by atoms with Gasteiger partial charge in [0, 0.05) is 19.3 Å². The van der Waals surface area contributed by atoms with E-state index >= 15 is 0 Å². The summed E-state index contributed by atoms with van der Waals surface area (Å²) < 4.78 is 1.98. The molecule has 3 aliphatic rings. The van der Waals surface area contributed by atoms with Crippen LogP contribution in [0.3, 0.4) is 0 Å². The molecule has 1 saturated heterocycles. The molecular weight excluding hydrogens is 280 g/mol. The van der Waals surface area contributed by atoms with Crippen molar-refractivity contribution < 1.29 is 9.90 Å². The smallest absolute Gasteiger partial charge is 0.318 e. The van der Waals surface area contributed by atoms with Crippen LogP contribution in [0, 0.1) is 0 Å². The summed E-state index contributed by atoms with van der Waals surface area (Å²) in [6, 6.07) is 2.02. The molecule has 1 aromatic rings. The third-order valence-electron chi connectivity index (χ3n) is 5.77. The number of nitrogens with one attached hydrogen (secondary N) is 1. The van der Waals surface area contributed by atoms with E-state index < -0.39 is 0 Å². The zero-order chi connectivity index (χ0) is 15.2. The molecule has 1 saturated carbocycles. The van der Waals surface area contributed by atoms with E-state index in [0.717, 1.165) is 50.8 Å². The van der Waals surface area contributed by atoms with E-state index in [1.165, 1.54) is 0 Å². The summed E-state index contributed by atoms with van der Waals surface area (Å²) in [5.74, 6) is 0. The van der Waals surface area contributed by atoms with Crippen LogP contribution in [-0.2, 0) is 6.54 Å². The zero-order valence-corrected chi connectivity index (χ0v) is 12.9. The number of nitrogens with zero attached hydrogens (tertiary/aromatic N) is 3. The molecule has 0 radical (unpaired) electrons. The second-order valence-corrected chi connectivity index (χ2v) is 6.89. The lowest BCUT2D eigenvalue weighted by molar-refractivity contribution is 0.0478. The number of aliphatic hydroxyl groups is 1. The Balaban J connectivity index is 1.51. The highest BCUT2D eigenvalue weighted by atomic mass is 16.3. The minimum Gasteiger partial charge on any atom is -0.391 e. The zero-order valence-electron chi connectivity index (χ0n) is 12.9. The standard InChI is InChI=1S/C16H24N4O2/c21-14-6-11-19(16(14)7-1-2-8-16)15(22)18-12-4-3-10-20-13(12)5-9-17-20/h5,9,12,14,21H,1-4,6-8,10-11H2,(H,18,22). The lowest BCUT2D eigenvalue weighted by Crippen LogP contribution is -2.54. The first-order valence-corrected chi connectivity index (χ1v) is 8.49. The van der Waals surface area contributed by atoms with E-state index in [0.29, 0.717) is 13.0 Å². The number of carbonyl (C=O) groups is 1. The quantitative estimate of drug-likeness (QED) is 0.831. The van der Waals surface area contributed by atoms with E-state index in [9.17, 15) is 9.90 Å². The van der Waals surface area contributed by atoms with Crippen molar-refractivity contribution in [3.8, 4) is 0 Å². The highest BCUT2D eigenvalue weighted by Gasteiger charge is 2.51. The average molecular weight is 304 g/mol. The number of urea groups is 1. The Kier molecular flexibility index (Phi) is 3.36. The lowest BCUT2D eigenvalue weighted by atomic mass is 9.91. The van der Waals surface area contributed by atoms with Crippen LogP contribution >= 0.6 is 0 Å². The van der Waals surface area contributed by atoms with E-state index in [4.69, 9.17) is 0 Å². The maximum Gasteiger partial charge on any atom is 0.318 e. The Hall–Kier alpha value is -1.56. The van der Waals surface area contributed by atoms with Gasteiger partial charge in [0.2, 0.25) is 0 Å². The molecule has 1 spiro atoms. The van der Waals surface area contributed by atoms with Crippen molar-refractivity contribution in [3.05, 3.63) is 18.0 Å². The monoisotopic (exact) mass is 304 g/mol. The largest absolute Gasteiger partial charge is 0.391 e. The third-order valence-corrected chi connectivity index (χ3v) is 5.77. The van der Waals surface area contributed by atoms with Crippen LogP contribution in [0.15, 0.2) is 12.3 Å². The van der Waals surface area contributed by atoms with Gasteiger partial charge in [0.15, 0.2) is 0 Å². The second kappa shape index (κ2) is 5.26. The van der Waals surface area contributed by atoms with Gasteiger partial charge in [-0.25, -0.2) is 4.79 Å². The first kappa shape index (κ1) is 14.1. The van der Waals surface area contributed by atoms with Gasteiger partial charge in [-0.05, 0) is 38.2 Å². The van der Waals surface area contributed by atoms with Gasteiger partial charge in [0.25, 0.3) is 0 Å². The van der Waals surface area contributed by atoms with Gasteiger partial charge in [-0.3, -0.25) is 4.68 Å². The Morgan fingerprint density at radius 2 is 2.09 bits per heavy atom. The first-order chi connectivity index (χ1) is 10.7. The van der Waals surface area contributed by atoms with Crippen molar-refractivity contribution in [1.29, 1.82) is 0 Å². The minimum absolute atomic E-state index is 0.0156. The van der Waals surface area contributed by atoms with Crippen molar-refractivity contribution in [2.45, 2.75) is 69.2 Å².